The summed E-state index contributed by atoms with van der Waals surface area (Å²) in [5, 5.41) is 2.26. The minimum atomic E-state index is -1.58. The van der Waals surface area contributed by atoms with Gasteiger partial charge in [-0.1, -0.05) is 11.6 Å². The summed E-state index contributed by atoms with van der Waals surface area (Å²) in [4.78, 5) is 6.64. The lowest BCUT2D eigenvalue weighted by molar-refractivity contribution is 0.609. The summed E-state index contributed by atoms with van der Waals surface area (Å²) in [6.07, 6.45) is 1.54. The molecule has 0 spiro atoms. The Morgan fingerprint density at radius 3 is 2.59 bits per heavy atom. The lowest BCUT2D eigenvalue weighted by Crippen LogP contribution is -2.11. The molecule has 0 aliphatic heterocycles. The Balaban J connectivity index is 2.81. The van der Waals surface area contributed by atoms with E-state index in [0.717, 1.165) is 16.6 Å². The molecule has 1 aromatic heterocycles. The molecule has 1 unspecified atom stereocenters. The zero-order chi connectivity index (χ0) is 12.6. The SMILES string of the molecule is CN(C)c1ncc([S+]([O-])Cl)c2ccc(Cl)cc12. The van der Waals surface area contributed by atoms with Crippen LogP contribution in [0.2, 0.25) is 5.02 Å². The molecule has 0 aliphatic rings. The standard InChI is InChI=1S/C11H10Cl2N2OS/c1-15(2)11-9-5-7(12)3-4-8(9)10(6-14-11)17(13)16/h3-6H,1-2H3. The molecule has 1 heterocycles. The molecule has 1 atom stereocenters. The Morgan fingerprint density at radius 1 is 1.29 bits per heavy atom. The zero-order valence-corrected chi connectivity index (χ0v) is 11.6. The lowest BCUT2D eigenvalue weighted by Gasteiger charge is -2.15. The first kappa shape index (κ1) is 12.8. The van der Waals surface area contributed by atoms with Crippen LogP contribution in [0.5, 0.6) is 0 Å². The first-order valence-electron chi connectivity index (χ1n) is 4.84. The Morgan fingerprint density at radius 2 is 2.00 bits per heavy atom. The highest BCUT2D eigenvalue weighted by molar-refractivity contribution is 8.13. The third-order valence-corrected chi connectivity index (χ3v) is 3.79. The van der Waals surface area contributed by atoms with E-state index in [1.54, 1.807) is 12.1 Å². The van der Waals surface area contributed by atoms with Crippen LogP contribution in [0.15, 0.2) is 29.3 Å². The number of hydrogen-bond donors (Lipinski definition) is 0. The van der Waals surface area contributed by atoms with Crippen LogP contribution in [0.1, 0.15) is 0 Å². The predicted octanol–water partition coefficient (Wildman–Crippen LogP) is 3.22. The van der Waals surface area contributed by atoms with E-state index in [1.807, 2.05) is 25.1 Å². The van der Waals surface area contributed by atoms with Gasteiger partial charge in [0.05, 0.1) is 6.20 Å². The number of rotatable bonds is 2. The first-order valence-corrected chi connectivity index (χ1v) is 7.19. The van der Waals surface area contributed by atoms with Crippen molar-refractivity contribution in [2.24, 2.45) is 0 Å². The van der Waals surface area contributed by atoms with E-state index in [4.69, 9.17) is 22.3 Å². The number of benzene rings is 1. The average molecular weight is 289 g/mol. The van der Waals surface area contributed by atoms with Crippen molar-refractivity contribution in [2.45, 2.75) is 4.90 Å². The fraction of sp³-hybridized carbons (Fsp3) is 0.182. The normalized spacial score (nSPS) is 12.8. The highest BCUT2D eigenvalue weighted by Crippen LogP contribution is 2.32. The Kier molecular flexibility index (Phi) is 3.68. The second-order valence-electron chi connectivity index (χ2n) is 3.75. The van der Waals surface area contributed by atoms with Crippen LogP contribution in [0.3, 0.4) is 0 Å². The van der Waals surface area contributed by atoms with Gasteiger partial charge in [0.25, 0.3) is 0 Å². The van der Waals surface area contributed by atoms with E-state index >= 15 is 0 Å². The van der Waals surface area contributed by atoms with E-state index in [0.29, 0.717) is 9.92 Å². The summed E-state index contributed by atoms with van der Waals surface area (Å²) < 4.78 is 11.4. The molecular formula is C11H10Cl2N2OS. The van der Waals surface area contributed by atoms with E-state index < -0.39 is 10.4 Å². The maximum atomic E-state index is 11.4. The summed E-state index contributed by atoms with van der Waals surface area (Å²) in [6, 6.07) is 5.35. The van der Waals surface area contributed by atoms with Crippen LogP contribution in [-0.4, -0.2) is 23.6 Å². The number of aromatic nitrogens is 1. The second-order valence-corrected chi connectivity index (χ2v) is 5.92. The van der Waals surface area contributed by atoms with Crippen LogP contribution in [-0.2, 0) is 10.4 Å². The van der Waals surface area contributed by atoms with Gasteiger partial charge in [0.2, 0.25) is 0 Å². The van der Waals surface area contributed by atoms with Crippen molar-refractivity contribution in [3.63, 3.8) is 0 Å². The molecule has 0 aliphatic carbocycles. The molecule has 17 heavy (non-hydrogen) atoms. The maximum absolute atomic E-state index is 11.4. The van der Waals surface area contributed by atoms with E-state index in [2.05, 4.69) is 4.98 Å². The predicted molar refractivity (Wildman–Crippen MR) is 73.3 cm³/mol. The smallest absolute Gasteiger partial charge is 0.199 e. The summed E-state index contributed by atoms with van der Waals surface area (Å²) in [5.41, 5.74) is 0. The van der Waals surface area contributed by atoms with Crippen molar-refractivity contribution < 1.29 is 4.55 Å². The zero-order valence-electron chi connectivity index (χ0n) is 9.28. The highest BCUT2D eigenvalue weighted by atomic mass is 35.7. The number of nitrogens with zero attached hydrogens (tertiary/aromatic N) is 2. The molecule has 0 saturated heterocycles. The van der Waals surface area contributed by atoms with E-state index in [1.165, 1.54) is 6.20 Å². The van der Waals surface area contributed by atoms with Gasteiger partial charge in [0, 0.05) is 29.9 Å². The molecule has 2 rings (SSSR count). The second kappa shape index (κ2) is 4.90. The van der Waals surface area contributed by atoms with Crippen LogP contribution < -0.4 is 4.90 Å². The Hall–Kier alpha value is -0.680. The number of fused-ring (bicyclic) bond motifs is 1. The Labute approximate surface area is 112 Å². The molecule has 2 aromatic rings. The number of halogens is 2. The molecule has 6 heteroatoms. The highest BCUT2D eigenvalue weighted by Gasteiger charge is 2.17. The number of pyridine rings is 1. The Bertz CT molecular complexity index is 560. The molecule has 0 radical (unpaired) electrons. The average Bonchev–Trinajstić information content (AvgIpc) is 2.26. The maximum Gasteiger partial charge on any atom is 0.199 e. The quantitative estimate of drug-likeness (QED) is 0.797. The molecule has 3 nitrogen and oxygen atoms in total. The van der Waals surface area contributed by atoms with E-state index in [9.17, 15) is 4.55 Å². The van der Waals surface area contributed by atoms with Gasteiger partial charge in [-0.15, -0.1) is 0 Å². The molecule has 1 aromatic carbocycles. The van der Waals surface area contributed by atoms with Gasteiger partial charge in [0.15, 0.2) is 15.6 Å². The fourth-order valence-electron chi connectivity index (χ4n) is 1.66. The summed E-state index contributed by atoms with van der Waals surface area (Å²) >= 11 is 5.97. The van der Waals surface area contributed by atoms with Gasteiger partial charge in [-0.2, -0.15) is 0 Å². The molecule has 0 amide bonds. The summed E-state index contributed by atoms with van der Waals surface area (Å²) in [7, 11) is 7.83. The molecule has 0 saturated carbocycles. The van der Waals surface area contributed by atoms with Crippen molar-refractivity contribution in [1.82, 2.24) is 4.98 Å². The van der Waals surface area contributed by atoms with Gasteiger partial charge >= 0.3 is 0 Å². The number of hydrogen-bond acceptors (Lipinski definition) is 3. The van der Waals surface area contributed by atoms with Gasteiger partial charge in [0.1, 0.15) is 16.2 Å². The van der Waals surface area contributed by atoms with Crippen LogP contribution in [0, 0.1) is 0 Å². The van der Waals surface area contributed by atoms with Gasteiger partial charge in [-0.3, -0.25) is 0 Å². The van der Waals surface area contributed by atoms with Crippen molar-refractivity contribution in [3.8, 4) is 0 Å². The van der Waals surface area contributed by atoms with Crippen LogP contribution in [0.25, 0.3) is 10.8 Å². The summed E-state index contributed by atoms with van der Waals surface area (Å²) in [5.74, 6) is 0.772. The van der Waals surface area contributed by atoms with Crippen molar-refractivity contribution in [2.75, 3.05) is 19.0 Å². The largest absolute Gasteiger partial charge is 0.594 e. The monoisotopic (exact) mass is 288 g/mol. The minimum absolute atomic E-state index is 0.504. The van der Waals surface area contributed by atoms with Gasteiger partial charge < -0.3 is 9.45 Å². The number of anilines is 1. The molecule has 0 fully saturated rings. The van der Waals surface area contributed by atoms with E-state index in [-0.39, 0.29) is 0 Å². The molecule has 0 bridgehead atoms. The third-order valence-electron chi connectivity index (χ3n) is 2.39. The minimum Gasteiger partial charge on any atom is -0.594 e. The summed E-state index contributed by atoms with van der Waals surface area (Å²) in [6.45, 7) is 0. The molecular weight excluding hydrogens is 279 g/mol. The molecule has 90 valence electrons. The van der Waals surface area contributed by atoms with Crippen LogP contribution in [0.4, 0.5) is 5.82 Å². The molecule has 0 N–H and O–H groups in total. The topological polar surface area (TPSA) is 39.2 Å². The van der Waals surface area contributed by atoms with Gasteiger partial charge in [-0.25, -0.2) is 4.98 Å². The first-order chi connectivity index (χ1) is 8.00. The lowest BCUT2D eigenvalue weighted by atomic mass is 10.1. The van der Waals surface area contributed by atoms with Crippen molar-refractivity contribution >= 4 is 49.3 Å². The van der Waals surface area contributed by atoms with Crippen molar-refractivity contribution in [3.05, 3.63) is 29.4 Å². The van der Waals surface area contributed by atoms with Crippen molar-refractivity contribution in [1.29, 1.82) is 0 Å². The van der Waals surface area contributed by atoms with Gasteiger partial charge in [-0.05, 0) is 18.2 Å². The van der Waals surface area contributed by atoms with Crippen LogP contribution >= 0.6 is 22.3 Å². The third kappa shape index (κ3) is 2.45. The fourth-order valence-corrected chi connectivity index (χ4v) is 2.69.